The highest BCUT2D eigenvalue weighted by atomic mass is 32.2. The van der Waals surface area contributed by atoms with E-state index in [0.717, 1.165) is 5.56 Å². The van der Waals surface area contributed by atoms with E-state index in [1.807, 2.05) is 18.2 Å². The lowest BCUT2D eigenvalue weighted by molar-refractivity contribution is -0.118. The number of rotatable bonds is 4. The van der Waals surface area contributed by atoms with Crippen molar-refractivity contribution in [1.29, 1.82) is 0 Å². The van der Waals surface area contributed by atoms with E-state index >= 15 is 0 Å². The van der Waals surface area contributed by atoms with Crippen LogP contribution >= 0.6 is 11.8 Å². The van der Waals surface area contributed by atoms with Gasteiger partial charge in [0, 0.05) is 5.56 Å². The Labute approximate surface area is 101 Å². The molecular weight excluding hydrogens is 243 g/mol. The molecule has 0 radical (unpaired) electrons. The first-order chi connectivity index (χ1) is 8.16. The smallest absolute Gasteiger partial charge is 0.280 e. The van der Waals surface area contributed by atoms with Crippen LogP contribution < -0.4 is 0 Å². The lowest BCUT2D eigenvalue weighted by Gasteiger charge is -1.97. The van der Waals surface area contributed by atoms with Gasteiger partial charge in [-0.15, -0.1) is 10.2 Å². The second-order valence-corrected chi connectivity index (χ2v) is 4.28. The van der Waals surface area contributed by atoms with Gasteiger partial charge in [0.05, 0.1) is 0 Å². The molecule has 6 heteroatoms. The first kappa shape index (κ1) is 11.8. The molecule has 1 aromatic heterocycles. The van der Waals surface area contributed by atoms with Crippen LogP contribution in [0.25, 0.3) is 11.5 Å². The van der Waals surface area contributed by atoms with Gasteiger partial charge in [-0.2, -0.15) is 0 Å². The minimum atomic E-state index is -1.67. The molecule has 0 fully saturated rings. The van der Waals surface area contributed by atoms with Crippen LogP contribution in [0.5, 0.6) is 0 Å². The van der Waals surface area contributed by atoms with Crippen molar-refractivity contribution in [3.8, 4) is 11.5 Å². The normalized spacial score (nSPS) is 12.4. The predicted molar refractivity (Wildman–Crippen MR) is 61.2 cm³/mol. The zero-order valence-corrected chi connectivity index (χ0v) is 9.78. The van der Waals surface area contributed by atoms with Crippen molar-refractivity contribution in [1.82, 2.24) is 10.2 Å². The second kappa shape index (κ2) is 5.09. The first-order valence-corrected chi connectivity index (χ1v) is 5.75. The molecule has 0 N–H and O–H groups in total. The topological polar surface area (TPSA) is 56.0 Å². The molecule has 0 aliphatic rings. The number of Topliss-reactive ketones (excluding diaryl/α,β-unsaturated/α-hetero) is 1. The van der Waals surface area contributed by atoms with E-state index in [1.165, 1.54) is 6.92 Å². The van der Waals surface area contributed by atoms with Gasteiger partial charge in [-0.1, -0.05) is 18.2 Å². The Morgan fingerprint density at radius 3 is 2.71 bits per heavy atom. The van der Waals surface area contributed by atoms with E-state index in [0.29, 0.717) is 17.7 Å². The fourth-order valence-corrected chi connectivity index (χ4v) is 1.68. The van der Waals surface area contributed by atoms with Gasteiger partial charge >= 0.3 is 0 Å². The summed E-state index contributed by atoms with van der Waals surface area (Å²) in [5.74, 6) is -0.265. The number of ketones is 1. The highest BCUT2D eigenvalue weighted by molar-refractivity contribution is 8.00. The SMILES string of the molecule is CC(=O)C(F)Sc1nnc(-c2ccccc2)o1. The third-order valence-electron chi connectivity index (χ3n) is 1.95. The maximum atomic E-state index is 13.1. The highest BCUT2D eigenvalue weighted by Crippen LogP contribution is 2.26. The van der Waals surface area contributed by atoms with E-state index in [9.17, 15) is 9.18 Å². The number of halogens is 1. The number of thioether (sulfide) groups is 1. The molecule has 0 saturated carbocycles. The monoisotopic (exact) mass is 252 g/mol. The predicted octanol–water partition coefficient (Wildman–Crippen LogP) is 2.71. The van der Waals surface area contributed by atoms with Gasteiger partial charge in [0.25, 0.3) is 5.22 Å². The number of carbonyl (C=O) groups excluding carboxylic acids is 1. The molecule has 1 atom stereocenters. The Morgan fingerprint density at radius 1 is 1.35 bits per heavy atom. The van der Waals surface area contributed by atoms with Crippen molar-refractivity contribution in [2.24, 2.45) is 0 Å². The summed E-state index contributed by atoms with van der Waals surface area (Å²) in [5.41, 5.74) is -0.913. The number of carbonyl (C=O) groups is 1. The quantitative estimate of drug-likeness (QED) is 0.783. The number of nitrogens with zero attached hydrogens (tertiary/aromatic N) is 2. The molecular formula is C11H9FN2O2S. The first-order valence-electron chi connectivity index (χ1n) is 4.87. The van der Waals surface area contributed by atoms with Gasteiger partial charge in [-0.3, -0.25) is 4.79 Å². The van der Waals surface area contributed by atoms with Gasteiger partial charge in [0.15, 0.2) is 5.78 Å². The lowest BCUT2D eigenvalue weighted by atomic mass is 10.2. The second-order valence-electron chi connectivity index (χ2n) is 3.28. The number of alkyl halides is 1. The zero-order chi connectivity index (χ0) is 12.3. The molecule has 17 heavy (non-hydrogen) atoms. The Hall–Kier alpha value is -1.69. The van der Waals surface area contributed by atoms with Crippen LogP contribution in [0.1, 0.15) is 6.92 Å². The van der Waals surface area contributed by atoms with E-state index in [2.05, 4.69) is 10.2 Å². The lowest BCUT2D eigenvalue weighted by Crippen LogP contribution is -2.05. The van der Waals surface area contributed by atoms with Crippen LogP contribution in [0.3, 0.4) is 0 Å². The van der Waals surface area contributed by atoms with Crippen molar-refractivity contribution in [2.45, 2.75) is 17.7 Å². The Morgan fingerprint density at radius 2 is 2.06 bits per heavy atom. The summed E-state index contributed by atoms with van der Waals surface area (Å²) in [6.07, 6.45) is 0. The Balaban J connectivity index is 2.14. The summed E-state index contributed by atoms with van der Waals surface area (Å²) in [6, 6.07) is 9.14. The number of hydrogen-bond donors (Lipinski definition) is 0. The molecule has 1 unspecified atom stereocenters. The molecule has 2 aromatic rings. The summed E-state index contributed by atoms with van der Waals surface area (Å²) in [6.45, 7) is 1.17. The largest absolute Gasteiger partial charge is 0.411 e. The molecule has 4 nitrogen and oxygen atoms in total. The van der Waals surface area contributed by atoms with Crippen LogP contribution in [-0.4, -0.2) is 21.5 Å². The fraction of sp³-hybridized carbons (Fsp3) is 0.182. The fourth-order valence-electron chi connectivity index (χ4n) is 1.13. The van der Waals surface area contributed by atoms with Gasteiger partial charge < -0.3 is 4.42 Å². The number of hydrogen-bond acceptors (Lipinski definition) is 5. The van der Waals surface area contributed by atoms with Crippen LogP contribution in [0.15, 0.2) is 40.0 Å². The molecule has 0 aliphatic heterocycles. The van der Waals surface area contributed by atoms with Crippen molar-refractivity contribution in [3.05, 3.63) is 30.3 Å². The van der Waals surface area contributed by atoms with Crippen LogP contribution in [0.2, 0.25) is 0 Å². The Kier molecular flexibility index (Phi) is 3.53. The molecule has 0 bridgehead atoms. The molecule has 0 aliphatic carbocycles. The van der Waals surface area contributed by atoms with Crippen molar-refractivity contribution in [3.63, 3.8) is 0 Å². The third kappa shape index (κ3) is 2.91. The summed E-state index contributed by atoms with van der Waals surface area (Å²) < 4.78 is 18.3. The number of aromatic nitrogens is 2. The minimum absolute atomic E-state index is 0.0477. The van der Waals surface area contributed by atoms with Gasteiger partial charge in [-0.05, 0) is 30.8 Å². The minimum Gasteiger partial charge on any atom is -0.411 e. The standard InChI is InChI=1S/C11H9FN2O2S/c1-7(15)9(12)17-11-14-13-10(16-11)8-5-3-2-4-6-8/h2-6,9H,1H3. The Bertz CT molecular complexity index is 515. The highest BCUT2D eigenvalue weighted by Gasteiger charge is 2.18. The van der Waals surface area contributed by atoms with E-state index in [1.54, 1.807) is 12.1 Å². The van der Waals surface area contributed by atoms with Crippen molar-refractivity contribution >= 4 is 17.5 Å². The third-order valence-corrected chi connectivity index (χ3v) is 2.86. The molecule has 0 saturated heterocycles. The average Bonchev–Trinajstić information content (AvgIpc) is 2.78. The summed E-state index contributed by atoms with van der Waals surface area (Å²) in [7, 11) is 0. The maximum Gasteiger partial charge on any atom is 0.280 e. The molecule has 2 rings (SSSR count). The summed E-state index contributed by atoms with van der Waals surface area (Å²) in [5, 5.41) is 7.50. The van der Waals surface area contributed by atoms with Gasteiger partial charge in [0.2, 0.25) is 11.4 Å². The van der Waals surface area contributed by atoms with Crippen LogP contribution in [0.4, 0.5) is 4.39 Å². The maximum absolute atomic E-state index is 13.1. The van der Waals surface area contributed by atoms with Gasteiger partial charge in [-0.25, -0.2) is 4.39 Å². The summed E-state index contributed by atoms with van der Waals surface area (Å²) >= 11 is 0.611. The van der Waals surface area contributed by atoms with Crippen LogP contribution in [0, 0.1) is 0 Å². The molecule has 1 heterocycles. The van der Waals surface area contributed by atoms with Crippen LogP contribution in [-0.2, 0) is 4.79 Å². The molecule has 88 valence electrons. The average molecular weight is 252 g/mol. The molecule has 0 spiro atoms. The van der Waals surface area contributed by atoms with Crippen molar-refractivity contribution in [2.75, 3.05) is 0 Å². The number of benzene rings is 1. The van der Waals surface area contributed by atoms with E-state index < -0.39 is 11.3 Å². The molecule has 1 aromatic carbocycles. The molecule has 0 amide bonds. The van der Waals surface area contributed by atoms with Gasteiger partial charge in [0.1, 0.15) is 0 Å². The zero-order valence-electron chi connectivity index (χ0n) is 8.96. The van der Waals surface area contributed by atoms with E-state index in [-0.39, 0.29) is 5.22 Å². The van der Waals surface area contributed by atoms with E-state index in [4.69, 9.17) is 4.42 Å². The van der Waals surface area contributed by atoms with Crippen molar-refractivity contribution < 1.29 is 13.6 Å². The summed E-state index contributed by atoms with van der Waals surface area (Å²) in [4.78, 5) is 10.7.